The molecule has 190 valence electrons. The lowest BCUT2D eigenvalue weighted by atomic mass is 10.0. The van der Waals surface area contributed by atoms with Gasteiger partial charge in [-0.1, -0.05) is 92.5 Å². The first-order chi connectivity index (χ1) is 19.7. The first kappa shape index (κ1) is 23.7. The highest BCUT2D eigenvalue weighted by Crippen LogP contribution is 2.38. The summed E-state index contributed by atoms with van der Waals surface area (Å²) in [5, 5.41) is 5.02. The summed E-state index contributed by atoms with van der Waals surface area (Å²) in [6.45, 7) is 0. The maximum atomic E-state index is 3.66. The van der Waals surface area contributed by atoms with Gasteiger partial charge in [0.15, 0.2) is 0 Å². The summed E-state index contributed by atoms with van der Waals surface area (Å²) in [5.41, 5.74) is 9.55. The molecule has 0 fully saturated rings. The summed E-state index contributed by atoms with van der Waals surface area (Å²) in [6, 6.07) is 48.1. The molecule has 0 saturated carbocycles. The van der Waals surface area contributed by atoms with E-state index in [9.17, 15) is 0 Å². The SMILES string of the molecule is Brc1cccc(-n2c3ccccc3c3cc(-c4ccc5c(c4)c4ccccc4n5-c4cccc(Br)c4)ccc32)c1. The lowest BCUT2D eigenvalue weighted by Gasteiger charge is -2.10. The van der Waals surface area contributed by atoms with Gasteiger partial charge in [0.2, 0.25) is 0 Å². The summed E-state index contributed by atoms with van der Waals surface area (Å²) in [7, 11) is 0. The number of aromatic nitrogens is 2. The minimum atomic E-state index is 1.07. The van der Waals surface area contributed by atoms with Crippen LogP contribution in [0.25, 0.3) is 66.1 Å². The first-order valence-electron chi connectivity index (χ1n) is 13.2. The third kappa shape index (κ3) is 3.67. The van der Waals surface area contributed by atoms with Crippen molar-refractivity contribution >= 4 is 75.5 Å². The van der Waals surface area contributed by atoms with Gasteiger partial charge in [0.25, 0.3) is 0 Å². The molecule has 4 heteroatoms. The van der Waals surface area contributed by atoms with E-state index in [1.54, 1.807) is 0 Å². The van der Waals surface area contributed by atoms with Crippen molar-refractivity contribution in [3.8, 4) is 22.5 Å². The Bertz CT molecular complexity index is 2090. The summed E-state index contributed by atoms with van der Waals surface area (Å²) >= 11 is 7.31. The minimum absolute atomic E-state index is 1.07. The van der Waals surface area contributed by atoms with Crippen LogP contribution in [0, 0.1) is 0 Å². The molecular formula is C36H22Br2N2. The smallest absolute Gasteiger partial charge is 0.0541 e. The van der Waals surface area contributed by atoms with Gasteiger partial charge < -0.3 is 9.13 Å². The van der Waals surface area contributed by atoms with E-state index in [-0.39, 0.29) is 0 Å². The zero-order valence-corrected chi connectivity index (χ0v) is 24.5. The fourth-order valence-corrected chi connectivity index (χ4v) is 6.87. The molecule has 0 aliphatic carbocycles. The maximum Gasteiger partial charge on any atom is 0.0541 e. The van der Waals surface area contributed by atoms with E-state index >= 15 is 0 Å². The summed E-state index contributed by atoms with van der Waals surface area (Å²) in [6.07, 6.45) is 0. The average Bonchev–Trinajstić information content (AvgIpc) is 3.49. The van der Waals surface area contributed by atoms with Crippen molar-refractivity contribution in [2.24, 2.45) is 0 Å². The molecule has 0 amide bonds. The normalized spacial score (nSPS) is 11.8. The van der Waals surface area contributed by atoms with Gasteiger partial charge >= 0.3 is 0 Å². The zero-order valence-electron chi connectivity index (χ0n) is 21.4. The number of hydrogen-bond acceptors (Lipinski definition) is 0. The largest absolute Gasteiger partial charge is 0.309 e. The van der Waals surface area contributed by atoms with Gasteiger partial charge in [-0.3, -0.25) is 0 Å². The first-order valence-corrected chi connectivity index (χ1v) is 14.8. The topological polar surface area (TPSA) is 9.86 Å². The van der Waals surface area contributed by atoms with Crippen molar-refractivity contribution in [1.29, 1.82) is 0 Å². The van der Waals surface area contributed by atoms with Crippen LogP contribution in [0.4, 0.5) is 0 Å². The molecule has 0 aliphatic heterocycles. The number of fused-ring (bicyclic) bond motifs is 6. The molecule has 0 N–H and O–H groups in total. The molecule has 0 bridgehead atoms. The summed E-state index contributed by atoms with van der Waals surface area (Å²) in [4.78, 5) is 0. The Morgan fingerprint density at radius 1 is 0.350 bits per heavy atom. The number of para-hydroxylation sites is 2. The highest BCUT2D eigenvalue weighted by molar-refractivity contribution is 9.10. The van der Waals surface area contributed by atoms with E-state index in [0.717, 1.165) is 20.3 Å². The molecule has 6 aromatic carbocycles. The third-order valence-electron chi connectivity index (χ3n) is 7.81. The quantitative estimate of drug-likeness (QED) is 0.182. The van der Waals surface area contributed by atoms with Gasteiger partial charge in [0.05, 0.1) is 22.1 Å². The van der Waals surface area contributed by atoms with Gasteiger partial charge in [-0.15, -0.1) is 0 Å². The van der Waals surface area contributed by atoms with E-state index < -0.39 is 0 Å². The van der Waals surface area contributed by atoms with Crippen LogP contribution in [-0.2, 0) is 0 Å². The number of hydrogen-bond donors (Lipinski definition) is 0. The van der Waals surface area contributed by atoms with Crippen molar-refractivity contribution in [3.63, 3.8) is 0 Å². The molecule has 0 unspecified atom stereocenters. The van der Waals surface area contributed by atoms with E-state index in [1.807, 2.05) is 0 Å². The van der Waals surface area contributed by atoms with Crippen LogP contribution >= 0.6 is 31.9 Å². The Kier molecular flexibility index (Phi) is 5.48. The zero-order chi connectivity index (χ0) is 26.8. The summed E-state index contributed by atoms with van der Waals surface area (Å²) in [5.74, 6) is 0. The number of benzene rings is 6. The number of rotatable bonds is 3. The van der Waals surface area contributed by atoms with Crippen LogP contribution in [0.3, 0.4) is 0 Å². The molecule has 2 heterocycles. The second kappa shape index (κ2) is 9.22. The second-order valence-electron chi connectivity index (χ2n) is 10.1. The van der Waals surface area contributed by atoms with Gasteiger partial charge in [-0.05, 0) is 83.9 Å². The van der Waals surface area contributed by atoms with E-state index in [1.165, 1.54) is 54.7 Å². The highest BCUT2D eigenvalue weighted by atomic mass is 79.9. The highest BCUT2D eigenvalue weighted by Gasteiger charge is 2.16. The van der Waals surface area contributed by atoms with Crippen LogP contribution in [0.5, 0.6) is 0 Å². The molecular weight excluding hydrogens is 620 g/mol. The Balaban J connectivity index is 1.35. The van der Waals surface area contributed by atoms with Crippen molar-refractivity contribution in [1.82, 2.24) is 9.13 Å². The van der Waals surface area contributed by atoms with Crippen molar-refractivity contribution in [3.05, 3.63) is 142 Å². The predicted octanol–water partition coefficient (Wildman–Crippen LogP) is 11.1. The Morgan fingerprint density at radius 2 is 0.775 bits per heavy atom. The molecule has 0 aliphatic rings. The molecule has 40 heavy (non-hydrogen) atoms. The molecule has 0 radical (unpaired) electrons. The average molecular weight is 642 g/mol. The third-order valence-corrected chi connectivity index (χ3v) is 8.80. The molecule has 0 atom stereocenters. The predicted molar refractivity (Wildman–Crippen MR) is 176 cm³/mol. The van der Waals surface area contributed by atoms with Gasteiger partial charge in [-0.2, -0.15) is 0 Å². The fraction of sp³-hybridized carbons (Fsp3) is 0. The number of halogens is 2. The van der Waals surface area contributed by atoms with E-state index in [4.69, 9.17) is 0 Å². The van der Waals surface area contributed by atoms with Crippen molar-refractivity contribution < 1.29 is 0 Å². The lowest BCUT2D eigenvalue weighted by Crippen LogP contribution is -1.93. The van der Waals surface area contributed by atoms with Crippen LogP contribution in [0.2, 0.25) is 0 Å². The summed E-state index contributed by atoms with van der Waals surface area (Å²) < 4.78 is 6.85. The van der Waals surface area contributed by atoms with E-state index in [2.05, 4.69) is 174 Å². The Hall–Kier alpha value is -4.12. The minimum Gasteiger partial charge on any atom is -0.309 e. The molecule has 8 rings (SSSR count). The molecule has 0 saturated heterocycles. The van der Waals surface area contributed by atoms with Crippen LogP contribution in [0.1, 0.15) is 0 Å². The van der Waals surface area contributed by atoms with Crippen molar-refractivity contribution in [2.45, 2.75) is 0 Å². The van der Waals surface area contributed by atoms with Crippen LogP contribution in [0.15, 0.2) is 142 Å². The maximum absolute atomic E-state index is 3.66. The fourth-order valence-electron chi connectivity index (χ4n) is 6.09. The van der Waals surface area contributed by atoms with Gasteiger partial charge in [0, 0.05) is 41.9 Å². The molecule has 2 nitrogen and oxygen atoms in total. The second-order valence-corrected chi connectivity index (χ2v) is 12.0. The standard InChI is InChI=1S/C36H22Br2N2/c37-25-7-5-9-27(21-25)39-33-13-3-1-11-29(33)31-19-23(15-17-35(31)39)24-16-18-36-32(20-24)30-12-2-4-14-34(30)40(36)28-10-6-8-26(38)22-28/h1-22H. The van der Waals surface area contributed by atoms with Crippen LogP contribution in [-0.4, -0.2) is 9.13 Å². The number of nitrogens with zero attached hydrogens (tertiary/aromatic N) is 2. The van der Waals surface area contributed by atoms with Crippen LogP contribution < -0.4 is 0 Å². The lowest BCUT2D eigenvalue weighted by molar-refractivity contribution is 1.18. The Morgan fingerprint density at radius 3 is 1.23 bits per heavy atom. The molecule has 2 aromatic heterocycles. The Labute approximate surface area is 248 Å². The van der Waals surface area contributed by atoms with Gasteiger partial charge in [-0.25, -0.2) is 0 Å². The monoisotopic (exact) mass is 640 g/mol. The molecule has 8 aromatic rings. The van der Waals surface area contributed by atoms with Crippen molar-refractivity contribution in [2.75, 3.05) is 0 Å². The van der Waals surface area contributed by atoms with Gasteiger partial charge in [0.1, 0.15) is 0 Å². The van der Waals surface area contributed by atoms with E-state index in [0.29, 0.717) is 0 Å². The molecule has 0 spiro atoms.